The van der Waals surface area contributed by atoms with Crippen LogP contribution < -0.4 is 5.73 Å². The lowest BCUT2D eigenvalue weighted by Crippen LogP contribution is -2.34. The highest BCUT2D eigenvalue weighted by Crippen LogP contribution is 2.31. The van der Waals surface area contributed by atoms with E-state index >= 15 is 0 Å². The van der Waals surface area contributed by atoms with Crippen LogP contribution in [0.4, 0.5) is 5.69 Å². The summed E-state index contributed by atoms with van der Waals surface area (Å²) in [5.41, 5.74) is 6.68. The van der Waals surface area contributed by atoms with E-state index in [0.717, 1.165) is 11.3 Å². The largest absolute Gasteiger partial charge is 0.325 e. The van der Waals surface area contributed by atoms with E-state index in [1.54, 1.807) is 17.8 Å². The summed E-state index contributed by atoms with van der Waals surface area (Å²) in [6.45, 7) is 3.92. The molecular formula is C11H15BrN2O2S. The monoisotopic (exact) mass is 318 g/mol. The fourth-order valence-electron chi connectivity index (χ4n) is 1.24. The molecule has 0 amide bonds. The molecule has 0 heterocycles. The summed E-state index contributed by atoms with van der Waals surface area (Å²) in [5.74, 6) is 1.52. The zero-order valence-electron chi connectivity index (χ0n) is 9.77. The van der Waals surface area contributed by atoms with E-state index in [0.29, 0.717) is 10.2 Å². The topological polar surface area (TPSA) is 69.2 Å². The minimum Gasteiger partial charge on any atom is -0.325 e. The minimum absolute atomic E-state index is 0.107. The van der Waals surface area contributed by atoms with Gasteiger partial charge in [0.1, 0.15) is 0 Å². The van der Waals surface area contributed by atoms with Gasteiger partial charge in [-0.25, -0.2) is 0 Å². The van der Waals surface area contributed by atoms with Crippen molar-refractivity contribution in [3.63, 3.8) is 0 Å². The summed E-state index contributed by atoms with van der Waals surface area (Å²) in [4.78, 5) is 10.4. The molecule has 0 spiro atoms. The molecule has 0 radical (unpaired) electrons. The van der Waals surface area contributed by atoms with Gasteiger partial charge in [0.15, 0.2) is 0 Å². The fraction of sp³-hybridized carbons (Fsp3) is 0.455. The molecule has 0 aliphatic rings. The van der Waals surface area contributed by atoms with Gasteiger partial charge in [-0.15, -0.1) is 0 Å². The Morgan fingerprint density at radius 1 is 1.53 bits per heavy atom. The molecule has 1 aromatic rings. The third kappa shape index (κ3) is 4.65. The van der Waals surface area contributed by atoms with Gasteiger partial charge in [0.2, 0.25) is 0 Å². The van der Waals surface area contributed by atoms with Gasteiger partial charge < -0.3 is 5.73 Å². The predicted molar refractivity (Wildman–Crippen MR) is 75.2 cm³/mol. The third-order valence-corrected chi connectivity index (χ3v) is 4.37. The molecule has 0 aliphatic carbocycles. The Morgan fingerprint density at radius 3 is 2.71 bits per heavy atom. The van der Waals surface area contributed by atoms with Gasteiger partial charge >= 0.3 is 0 Å². The third-order valence-electron chi connectivity index (χ3n) is 1.99. The number of thioether (sulfide) groups is 1. The number of nitrogens with zero attached hydrogens (tertiary/aromatic N) is 1. The van der Waals surface area contributed by atoms with Crippen LogP contribution in [-0.4, -0.2) is 16.2 Å². The fourth-order valence-corrected chi connectivity index (χ4v) is 3.07. The number of nitro benzene ring substituents is 1. The molecule has 0 saturated carbocycles. The Morgan fingerprint density at radius 2 is 2.18 bits per heavy atom. The number of hydrogen-bond donors (Lipinski definition) is 1. The smallest absolute Gasteiger partial charge is 0.283 e. The highest BCUT2D eigenvalue weighted by molar-refractivity contribution is 9.10. The molecule has 4 nitrogen and oxygen atoms in total. The molecule has 94 valence electrons. The van der Waals surface area contributed by atoms with Gasteiger partial charge in [0.05, 0.1) is 9.40 Å². The van der Waals surface area contributed by atoms with Crippen molar-refractivity contribution in [2.45, 2.75) is 25.1 Å². The number of hydrogen-bond acceptors (Lipinski definition) is 4. The average molecular weight is 319 g/mol. The first-order valence-corrected chi connectivity index (χ1v) is 7.04. The predicted octanol–water partition coefficient (Wildman–Crippen LogP) is 3.33. The number of halogens is 1. The van der Waals surface area contributed by atoms with Crippen LogP contribution in [0, 0.1) is 10.1 Å². The molecule has 17 heavy (non-hydrogen) atoms. The van der Waals surface area contributed by atoms with Gasteiger partial charge in [-0.3, -0.25) is 10.1 Å². The zero-order valence-corrected chi connectivity index (χ0v) is 12.2. The highest BCUT2D eigenvalue weighted by Gasteiger charge is 2.16. The van der Waals surface area contributed by atoms with Crippen LogP contribution in [-0.2, 0) is 5.75 Å². The Labute approximate surface area is 113 Å². The summed E-state index contributed by atoms with van der Waals surface area (Å²) in [6, 6.07) is 5.07. The van der Waals surface area contributed by atoms with Crippen molar-refractivity contribution >= 4 is 33.4 Å². The van der Waals surface area contributed by atoms with Gasteiger partial charge in [-0.2, -0.15) is 11.8 Å². The summed E-state index contributed by atoms with van der Waals surface area (Å²) >= 11 is 4.95. The molecule has 0 aromatic heterocycles. The van der Waals surface area contributed by atoms with Crippen molar-refractivity contribution in [2.75, 3.05) is 5.75 Å². The summed E-state index contributed by atoms with van der Waals surface area (Å²) in [6.07, 6.45) is 0. The van der Waals surface area contributed by atoms with E-state index < -0.39 is 0 Å². The average Bonchev–Trinajstić information content (AvgIpc) is 2.18. The summed E-state index contributed by atoms with van der Waals surface area (Å²) < 4.78 is 0.562. The molecule has 0 saturated heterocycles. The second-order valence-corrected chi connectivity index (χ2v) is 6.27. The van der Waals surface area contributed by atoms with Gasteiger partial charge in [0, 0.05) is 23.1 Å². The van der Waals surface area contributed by atoms with Crippen molar-refractivity contribution in [3.05, 3.63) is 38.3 Å². The number of rotatable bonds is 5. The molecular weight excluding hydrogens is 304 g/mol. The van der Waals surface area contributed by atoms with Crippen LogP contribution in [0.3, 0.4) is 0 Å². The van der Waals surface area contributed by atoms with E-state index in [1.807, 2.05) is 19.9 Å². The van der Waals surface area contributed by atoms with Crippen LogP contribution in [0.15, 0.2) is 22.7 Å². The first-order valence-electron chi connectivity index (χ1n) is 5.09. The molecule has 1 rings (SSSR count). The summed E-state index contributed by atoms with van der Waals surface area (Å²) in [5, 5.41) is 10.8. The lowest BCUT2D eigenvalue weighted by molar-refractivity contribution is -0.385. The van der Waals surface area contributed by atoms with Crippen LogP contribution >= 0.6 is 27.7 Å². The lowest BCUT2D eigenvalue weighted by Gasteiger charge is -2.17. The van der Waals surface area contributed by atoms with Crippen LogP contribution in [0.2, 0.25) is 0 Å². The molecule has 0 fully saturated rings. The van der Waals surface area contributed by atoms with Gasteiger partial charge in [-0.1, -0.05) is 12.1 Å². The Kier molecular flexibility index (Phi) is 4.97. The molecule has 6 heteroatoms. The standard InChI is InChI=1S/C11H15BrN2O2S/c1-11(2,13)7-17-6-8-4-3-5-9(10(8)12)14(15)16/h3-5H,6-7,13H2,1-2H3. The Hall–Kier alpha value is -0.590. The van der Waals surface area contributed by atoms with Gasteiger partial charge in [-0.05, 0) is 35.3 Å². The maximum absolute atomic E-state index is 10.8. The number of nitro groups is 1. The minimum atomic E-state index is -0.384. The SMILES string of the molecule is CC(C)(N)CSCc1cccc([N+](=O)[O-])c1Br. The highest BCUT2D eigenvalue weighted by atomic mass is 79.9. The normalized spacial score (nSPS) is 11.5. The van der Waals surface area contributed by atoms with Crippen molar-refractivity contribution in [1.29, 1.82) is 0 Å². The molecule has 0 unspecified atom stereocenters. The molecule has 0 atom stereocenters. The molecule has 2 N–H and O–H groups in total. The second-order valence-electron chi connectivity index (χ2n) is 4.49. The van der Waals surface area contributed by atoms with E-state index in [9.17, 15) is 10.1 Å². The number of nitrogens with two attached hydrogens (primary N) is 1. The first kappa shape index (κ1) is 14.5. The van der Waals surface area contributed by atoms with Crippen molar-refractivity contribution < 1.29 is 4.92 Å². The van der Waals surface area contributed by atoms with Crippen LogP contribution in [0.25, 0.3) is 0 Å². The van der Waals surface area contributed by atoms with Gasteiger partial charge in [0.25, 0.3) is 5.69 Å². The molecule has 0 bridgehead atoms. The van der Waals surface area contributed by atoms with Crippen molar-refractivity contribution in [2.24, 2.45) is 5.73 Å². The van der Waals surface area contributed by atoms with Crippen LogP contribution in [0.5, 0.6) is 0 Å². The first-order chi connectivity index (χ1) is 7.81. The second kappa shape index (κ2) is 5.84. The lowest BCUT2D eigenvalue weighted by atomic mass is 10.1. The van der Waals surface area contributed by atoms with Crippen molar-refractivity contribution in [3.8, 4) is 0 Å². The Bertz CT molecular complexity index is 418. The van der Waals surface area contributed by atoms with E-state index in [1.165, 1.54) is 6.07 Å². The van der Waals surface area contributed by atoms with E-state index in [-0.39, 0.29) is 16.1 Å². The molecule has 0 aliphatic heterocycles. The van der Waals surface area contributed by atoms with E-state index in [2.05, 4.69) is 15.9 Å². The quantitative estimate of drug-likeness (QED) is 0.667. The zero-order chi connectivity index (χ0) is 13.1. The maximum Gasteiger partial charge on any atom is 0.283 e. The van der Waals surface area contributed by atoms with E-state index in [4.69, 9.17) is 5.73 Å². The number of benzene rings is 1. The summed E-state index contributed by atoms with van der Waals surface area (Å²) in [7, 11) is 0. The van der Waals surface area contributed by atoms with Crippen LogP contribution in [0.1, 0.15) is 19.4 Å². The van der Waals surface area contributed by atoms with Crippen molar-refractivity contribution in [1.82, 2.24) is 0 Å². The Balaban J connectivity index is 2.72. The maximum atomic E-state index is 10.8. The molecule has 1 aromatic carbocycles.